The molecule has 0 saturated carbocycles. The molecule has 0 radical (unpaired) electrons. The molecule has 118 valence electrons. The van der Waals surface area contributed by atoms with Gasteiger partial charge in [-0.1, -0.05) is 18.2 Å². The number of amides is 1. The number of hydrogen-bond donors (Lipinski definition) is 2. The van der Waals surface area contributed by atoms with Crippen LogP contribution in [0.3, 0.4) is 0 Å². The number of aromatic nitrogens is 3. The summed E-state index contributed by atoms with van der Waals surface area (Å²) in [6.07, 6.45) is 2.52. The van der Waals surface area contributed by atoms with Gasteiger partial charge in [0.25, 0.3) is 0 Å². The van der Waals surface area contributed by atoms with E-state index in [0.717, 1.165) is 22.7 Å². The number of aliphatic hydroxyl groups excluding tert-OH is 1. The van der Waals surface area contributed by atoms with Crippen LogP contribution in [0, 0.1) is 0 Å². The molecule has 0 bridgehead atoms. The molecule has 0 atom stereocenters. The minimum Gasteiger partial charge on any atom is -0.395 e. The Labute approximate surface area is 133 Å². The maximum Gasteiger partial charge on any atom is 0.224 e. The number of imidazole rings is 1. The van der Waals surface area contributed by atoms with Crippen LogP contribution >= 0.6 is 0 Å². The van der Waals surface area contributed by atoms with Crippen LogP contribution < -0.4 is 5.32 Å². The minimum absolute atomic E-state index is 0.00520. The van der Waals surface area contributed by atoms with Crippen molar-refractivity contribution in [2.45, 2.75) is 19.4 Å². The molecule has 6 heteroatoms. The molecule has 1 amide bonds. The van der Waals surface area contributed by atoms with E-state index in [0.29, 0.717) is 19.4 Å². The summed E-state index contributed by atoms with van der Waals surface area (Å²) in [6.45, 7) is 0.425. The van der Waals surface area contributed by atoms with Crippen LogP contribution in [0.25, 0.3) is 11.2 Å². The van der Waals surface area contributed by atoms with E-state index in [9.17, 15) is 9.90 Å². The van der Waals surface area contributed by atoms with E-state index in [-0.39, 0.29) is 12.5 Å². The Morgan fingerprint density at radius 1 is 1.17 bits per heavy atom. The van der Waals surface area contributed by atoms with Crippen LogP contribution in [0.1, 0.15) is 12.2 Å². The molecule has 0 fully saturated rings. The van der Waals surface area contributed by atoms with Crippen LogP contribution in [0.4, 0.5) is 5.69 Å². The van der Waals surface area contributed by atoms with Gasteiger partial charge in [0.05, 0.1) is 6.61 Å². The number of pyridine rings is 1. The Morgan fingerprint density at radius 2 is 2.00 bits per heavy atom. The number of rotatable bonds is 6. The Morgan fingerprint density at radius 3 is 2.78 bits per heavy atom. The molecule has 23 heavy (non-hydrogen) atoms. The lowest BCUT2D eigenvalue weighted by Gasteiger charge is -2.07. The van der Waals surface area contributed by atoms with E-state index >= 15 is 0 Å². The number of aliphatic hydroxyl groups is 1. The van der Waals surface area contributed by atoms with Gasteiger partial charge < -0.3 is 15.0 Å². The van der Waals surface area contributed by atoms with Crippen molar-refractivity contribution in [2.24, 2.45) is 0 Å². The highest BCUT2D eigenvalue weighted by molar-refractivity contribution is 5.90. The highest BCUT2D eigenvalue weighted by Crippen LogP contribution is 2.15. The zero-order chi connectivity index (χ0) is 16.1. The topological polar surface area (TPSA) is 80.0 Å². The van der Waals surface area contributed by atoms with Crippen molar-refractivity contribution in [1.82, 2.24) is 14.5 Å². The quantitative estimate of drug-likeness (QED) is 0.730. The lowest BCUT2D eigenvalue weighted by atomic mass is 10.2. The highest BCUT2D eigenvalue weighted by Gasteiger charge is 2.12. The fraction of sp³-hybridized carbons (Fsp3) is 0.235. The molecule has 2 heterocycles. The fourth-order valence-corrected chi connectivity index (χ4v) is 2.50. The average Bonchev–Trinajstić information content (AvgIpc) is 2.92. The molecule has 3 rings (SSSR count). The maximum absolute atomic E-state index is 12.1. The number of hydrogen-bond acceptors (Lipinski definition) is 4. The van der Waals surface area contributed by atoms with Crippen molar-refractivity contribution in [1.29, 1.82) is 0 Å². The van der Waals surface area contributed by atoms with Crippen LogP contribution in [0.5, 0.6) is 0 Å². The second-order valence-corrected chi connectivity index (χ2v) is 5.16. The molecule has 2 N–H and O–H groups in total. The zero-order valence-corrected chi connectivity index (χ0v) is 12.6. The SMILES string of the molecule is O=C(CCc1nc2cccnc2n1CCO)Nc1ccccc1. The number of para-hydroxylation sites is 1. The molecular weight excluding hydrogens is 292 g/mol. The molecule has 0 spiro atoms. The summed E-state index contributed by atoms with van der Waals surface area (Å²) in [4.78, 5) is 20.9. The minimum atomic E-state index is -0.0632. The molecule has 2 aromatic heterocycles. The Kier molecular flexibility index (Phi) is 4.63. The Balaban J connectivity index is 1.71. The molecule has 0 saturated heterocycles. The zero-order valence-electron chi connectivity index (χ0n) is 12.6. The van der Waals surface area contributed by atoms with Gasteiger partial charge in [-0.05, 0) is 24.3 Å². The van der Waals surface area contributed by atoms with Crippen molar-refractivity contribution >= 4 is 22.8 Å². The van der Waals surface area contributed by atoms with Gasteiger partial charge in [0.1, 0.15) is 11.3 Å². The van der Waals surface area contributed by atoms with Crippen LogP contribution in [0.2, 0.25) is 0 Å². The van der Waals surface area contributed by atoms with Gasteiger partial charge in [-0.2, -0.15) is 0 Å². The van der Waals surface area contributed by atoms with Crippen molar-refractivity contribution in [3.8, 4) is 0 Å². The standard InChI is InChI=1S/C17H18N4O2/c22-12-11-21-15(20-14-7-4-10-18-17(14)21)8-9-16(23)19-13-5-2-1-3-6-13/h1-7,10,22H,8-9,11-12H2,(H,19,23). The van der Waals surface area contributed by atoms with E-state index in [1.165, 1.54) is 0 Å². The molecule has 0 aliphatic carbocycles. The van der Waals surface area contributed by atoms with E-state index in [1.54, 1.807) is 6.20 Å². The van der Waals surface area contributed by atoms with E-state index in [1.807, 2.05) is 47.0 Å². The number of carbonyl (C=O) groups excluding carboxylic acids is 1. The second-order valence-electron chi connectivity index (χ2n) is 5.16. The lowest BCUT2D eigenvalue weighted by Crippen LogP contribution is -2.14. The number of carbonyl (C=O) groups is 1. The molecule has 6 nitrogen and oxygen atoms in total. The molecule has 0 aliphatic heterocycles. The average molecular weight is 310 g/mol. The summed E-state index contributed by atoms with van der Waals surface area (Å²) >= 11 is 0. The van der Waals surface area contributed by atoms with Crippen molar-refractivity contribution in [2.75, 3.05) is 11.9 Å². The fourth-order valence-electron chi connectivity index (χ4n) is 2.50. The first-order valence-corrected chi connectivity index (χ1v) is 7.54. The van der Waals surface area contributed by atoms with Gasteiger partial charge in [-0.25, -0.2) is 9.97 Å². The van der Waals surface area contributed by atoms with Gasteiger partial charge in [-0.3, -0.25) is 4.79 Å². The number of fused-ring (bicyclic) bond motifs is 1. The summed E-state index contributed by atoms with van der Waals surface area (Å²) in [5.41, 5.74) is 2.29. The molecule has 1 aromatic carbocycles. The van der Waals surface area contributed by atoms with E-state index in [2.05, 4.69) is 15.3 Å². The second kappa shape index (κ2) is 7.02. The predicted octanol–water partition coefficient (Wildman–Crippen LogP) is 1.99. The first-order valence-electron chi connectivity index (χ1n) is 7.54. The number of anilines is 1. The summed E-state index contributed by atoms with van der Waals surface area (Å²) in [6, 6.07) is 13.1. The van der Waals surface area contributed by atoms with Crippen LogP contribution in [-0.2, 0) is 17.8 Å². The number of aryl methyl sites for hydroxylation is 1. The van der Waals surface area contributed by atoms with Crippen LogP contribution in [-0.4, -0.2) is 32.2 Å². The molecule has 0 aliphatic rings. The highest BCUT2D eigenvalue weighted by atomic mass is 16.3. The first kappa shape index (κ1) is 15.2. The Bertz CT molecular complexity index is 799. The smallest absolute Gasteiger partial charge is 0.224 e. The van der Waals surface area contributed by atoms with Crippen molar-refractivity contribution < 1.29 is 9.90 Å². The third-order valence-electron chi connectivity index (χ3n) is 3.54. The molecule has 3 aromatic rings. The van der Waals surface area contributed by atoms with Crippen molar-refractivity contribution in [3.63, 3.8) is 0 Å². The van der Waals surface area contributed by atoms with E-state index in [4.69, 9.17) is 0 Å². The number of benzene rings is 1. The third kappa shape index (κ3) is 3.54. The van der Waals surface area contributed by atoms with Gasteiger partial charge >= 0.3 is 0 Å². The van der Waals surface area contributed by atoms with Gasteiger partial charge in [0.2, 0.25) is 5.91 Å². The maximum atomic E-state index is 12.1. The third-order valence-corrected chi connectivity index (χ3v) is 3.54. The number of nitrogens with one attached hydrogen (secondary N) is 1. The normalized spacial score (nSPS) is 10.8. The molecule has 0 unspecified atom stereocenters. The van der Waals surface area contributed by atoms with Gasteiger partial charge in [0, 0.05) is 31.3 Å². The summed E-state index contributed by atoms with van der Waals surface area (Å²) < 4.78 is 1.87. The summed E-state index contributed by atoms with van der Waals surface area (Å²) in [5, 5.41) is 12.1. The predicted molar refractivity (Wildman–Crippen MR) is 88.0 cm³/mol. The summed E-state index contributed by atoms with van der Waals surface area (Å²) in [5.74, 6) is 0.697. The number of nitrogens with zero attached hydrogens (tertiary/aromatic N) is 3. The largest absolute Gasteiger partial charge is 0.395 e. The summed E-state index contributed by atoms with van der Waals surface area (Å²) in [7, 11) is 0. The van der Waals surface area contributed by atoms with Gasteiger partial charge in [0.15, 0.2) is 5.65 Å². The Hall–Kier alpha value is -2.73. The molecular formula is C17H18N4O2. The van der Waals surface area contributed by atoms with Crippen molar-refractivity contribution in [3.05, 3.63) is 54.5 Å². The van der Waals surface area contributed by atoms with Crippen LogP contribution in [0.15, 0.2) is 48.7 Å². The van der Waals surface area contributed by atoms with Gasteiger partial charge in [-0.15, -0.1) is 0 Å². The lowest BCUT2D eigenvalue weighted by molar-refractivity contribution is -0.116. The van der Waals surface area contributed by atoms with E-state index < -0.39 is 0 Å². The first-order chi connectivity index (χ1) is 11.3. The monoisotopic (exact) mass is 310 g/mol.